The van der Waals surface area contributed by atoms with Gasteiger partial charge in [-0.2, -0.15) is 0 Å². The quantitative estimate of drug-likeness (QED) is 0.400. The summed E-state index contributed by atoms with van der Waals surface area (Å²) < 4.78 is 33.2. The van der Waals surface area contributed by atoms with Crippen LogP contribution in [-0.4, -0.2) is 30.4 Å². The van der Waals surface area contributed by atoms with Crippen LogP contribution < -0.4 is 51.4 Å². The van der Waals surface area contributed by atoms with Crippen LogP contribution >= 0.6 is 0 Å². The molecule has 0 atom stereocenters. The summed E-state index contributed by atoms with van der Waals surface area (Å²) in [5, 5.41) is 0. The van der Waals surface area contributed by atoms with Gasteiger partial charge in [-0.15, -0.1) is 0 Å². The van der Waals surface area contributed by atoms with Gasteiger partial charge in [0.1, 0.15) is 0 Å². The first kappa shape index (κ1) is 17.9. The van der Waals surface area contributed by atoms with Crippen molar-refractivity contribution in [3.05, 3.63) is 0 Å². The smallest absolute Gasteiger partial charge is 0.735 e. The molecule has 4 nitrogen and oxygen atoms in total. The van der Waals surface area contributed by atoms with Gasteiger partial charge in [0.05, 0.1) is 0 Å². The van der Waals surface area contributed by atoms with E-state index in [1.165, 1.54) is 0 Å². The van der Waals surface area contributed by atoms with E-state index in [-0.39, 0.29) is 51.4 Å². The Kier molecular flexibility index (Phi) is 12.4. The van der Waals surface area contributed by atoms with Gasteiger partial charge in [0.2, 0.25) is 0 Å². The number of hydrogen-bond donors (Lipinski definition) is 0. The van der Waals surface area contributed by atoms with E-state index < -0.39 is 10.3 Å². The molecule has 0 aliphatic carbocycles. The maximum Gasteiger partial charge on any atom is 1.00 e. The van der Waals surface area contributed by atoms with Gasteiger partial charge in [-0.3, -0.25) is 0 Å². The maximum atomic E-state index is 10.7. The number of nitrogens with zero attached hydrogens (tertiary/aromatic N) is 1. The van der Waals surface area contributed by atoms with E-state index in [4.69, 9.17) is 0 Å². The van der Waals surface area contributed by atoms with Gasteiger partial charge in [0.25, 0.3) is 0 Å². The summed E-state index contributed by atoms with van der Waals surface area (Å²) in [7, 11) is -4.23. The zero-order valence-electron chi connectivity index (χ0n) is 9.32. The Labute approximate surface area is 130 Å². The van der Waals surface area contributed by atoms with E-state index in [0.29, 0.717) is 13.1 Å². The minimum atomic E-state index is -4.23. The van der Waals surface area contributed by atoms with Crippen molar-refractivity contribution < 1.29 is 64.4 Å². The molecule has 0 rings (SSSR count). The standard InChI is InChI=1S/C8H19NO3S.K/c1-3-5-7-9(8-6-4-2)13(10,11)12;/h3-8H2,1-2H3,(H,10,11,12);/q;+1/p-1. The van der Waals surface area contributed by atoms with Crippen LogP contribution in [0.5, 0.6) is 0 Å². The molecule has 0 bridgehead atoms. The van der Waals surface area contributed by atoms with Crippen molar-refractivity contribution in [2.75, 3.05) is 13.1 Å². The zero-order valence-corrected chi connectivity index (χ0v) is 13.3. The number of hydrogen-bond acceptors (Lipinski definition) is 3. The third kappa shape index (κ3) is 8.79. The van der Waals surface area contributed by atoms with Gasteiger partial charge >= 0.3 is 51.4 Å². The van der Waals surface area contributed by atoms with Gasteiger partial charge in [-0.05, 0) is 12.8 Å². The molecule has 0 aromatic carbocycles. The molecule has 0 radical (unpaired) electrons. The molecule has 0 saturated heterocycles. The molecule has 0 aliphatic heterocycles. The molecule has 0 heterocycles. The summed E-state index contributed by atoms with van der Waals surface area (Å²) in [6.07, 6.45) is 3.31. The summed E-state index contributed by atoms with van der Waals surface area (Å²) in [5.74, 6) is 0. The number of rotatable bonds is 7. The summed E-state index contributed by atoms with van der Waals surface area (Å²) in [6.45, 7) is 4.66. The molecule has 0 saturated carbocycles. The minimum absolute atomic E-state index is 0. The second-order valence-electron chi connectivity index (χ2n) is 3.06. The Morgan fingerprint density at radius 3 is 1.64 bits per heavy atom. The van der Waals surface area contributed by atoms with E-state index in [0.717, 1.165) is 30.0 Å². The van der Waals surface area contributed by atoms with Gasteiger partial charge in [-0.1, -0.05) is 26.7 Å². The van der Waals surface area contributed by atoms with E-state index in [2.05, 4.69) is 0 Å². The fourth-order valence-electron chi connectivity index (χ4n) is 1.00. The first-order valence-corrected chi connectivity index (χ1v) is 6.09. The van der Waals surface area contributed by atoms with E-state index >= 15 is 0 Å². The van der Waals surface area contributed by atoms with Crippen molar-refractivity contribution in [3.8, 4) is 0 Å². The molecule has 14 heavy (non-hydrogen) atoms. The molecule has 0 aliphatic rings. The topological polar surface area (TPSA) is 60.4 Å². The monoisotopic (exact) mass is 247 g/mol. The normalized spacial score (nSPS) is 11.4. The van der Waals surface area contributed by atoms with Crippen LogP contribution in [0.3, 0.4) is 0 Å². The summed E-state index contributed by atoms with van der Waals surface area (Å²) in [5.41, 5.74) is 0. The first-order chi connectivity index (χ1) is 6.02. The Morgan fingerprint density at radius 2 is 1.43 bits per heavy atom. The first-order valence-electron chi connectivity index (χ1n) is 4.73. The van der Waals surface area contributed by atoms with E-state index in [1.807, 2.05) is 13.8 Å². The molecule has 0 aromatic heterocycles. The van der Waals surface area contributed by atoms with Gasteiger partial charge < -0.3 is 4.55 Å². The molecule has 0 fully saturated rings. The van der Waals surface area contributed by atoms with Crippen LogP contribution in [0.1, 0.15) is 39.5 Å². The SMILES string of the molecule is CCCCN(CCCC)S(=O)(=O)[O-].[K+]. The van der Waals surface area contributed by atoms with Gasteiger partial charge in [-0.25, -0.2) is 12.7 Å². The van der Waals surface area contributed by atoms with E-state index in [1.54, 1.807) is 0 Å². The van der Waals surface area contributed by atoms with Crippen molar-refractivity contribution in [2.24, 2.45) is 0 Å². The molecular weight excluding hydrogens is 229 g/mol. The Bertz CT molecular complexity index is 211. The summed E-state index contributed by atoms with van der Waals surface area (Å²) >= 11 is 0. The Morgan fingerprint density at radius 1 is 1.07 bits per heavy atom. The molecule has 80 valence electrons. The van der Waals surface area contributed by atoms with Crippen LogP contribution in [0.2, 0.25) is 0 Å². The molecule has 0 N–H and O–H groups in total. The predicted molar refractivity (Wildman–Crippen MR) is 51.1 cm³/mol. The van der Waals surface area contributed by atoms with Crippen LogP contribution in [-0.2, 0) is 10.3 Å². The average Bonchev–Trinajstić information content (AvgIpc) is 2.02. The summed E-state index contributed by atoms with van der Waals surface area (Å²) in [4.78, 5) is 0. The molecule has 0 unspecified atom stereocenters. The predicted octanol–water partition coefficient (Wildman–Crippen LogP) is -1.65. The molecule has 0 aromatic rings. The van der Waals surface area contributed by atoms with Crippen LogP contribution in [0.25, 0.3) is 0 Å². The van der Waals surface area contributed by atoms with Crippen LogP contribution in [0.4, 0.5) is 0 Å². The summed E-state index contributed by atoms with van der Waals surface area (Å²) in [6, 6.07) is 0. The number of unbranched alkanes of at least 4 members (excludes halogenated alkanes) is 2. The largest absolute Gasteiger partial charge is 1.00 e. The molecule has 0 amide bonds. The van der Waals surface area contributed by atoms with Crippen molar-refractivity contribution in [1.82, 2.24) is 4.31 Å². The Hall–Kier alpha value is 1.51. The van der Waals surface area contributed by atoms with Crippen molar-refractivity contribution in [2.45, 2.75) is 39.5 Å². The van der Waals surface area contributed by atoms with Crippen molar-refractivity contribution in [1.29, 1.82) is 0 Å². The molecule has 0 spiro atoms. The van der Waals surface area contributed by atoms with Crippen LogP contribution in [0, 0.1) is 0 Å². The third-order valence-electron chi connectivity index (χ3n) is 1.84. The zero-order chi connectivity index (χ0) is 10.3. The minimum Gasteiger partial charge on any atom is -0.735 e. The average molecular weight is 247 g/mol. The molecular formula is C8H18KNO3S. The van der Waals surface area contributed by atoms with E-state index in [9.17, 15) is 13.0 Å². The van der Waals surface area contributed by atoms with Crippen molar-refractivity contribution in [3.63, 3.8) is 0 Å². The van der Waals surface area contributed by atoms with Crippen LogP contribution in [0.15, 0.2) is 0 Å². The second kappa shape index (κ2) is 9.71. The second-order valence-corrected chi connectivity index (χ2v) is 4.44. The fourth-order valence-corrected chi connectivity index (χ4v) is 1.71. The van der Waals surface area contributed by atoms with Crippen molar-refractivity contribution >= 4 is 10.3 Å². The van der Waals surface area contributed by atoms with Gasteiger partial charge in [0.15, 0.2) is 10.3 Å². The molecule has 6 heteroatoms. The maximum absolute atomic E-state index is 10.7. The van der Waals surface area contributed by atoms with Gasteiger partial charge in [0, 0.05) is 13.1 Å². The Balaban J connectivity index is 0. The fraction of sp³-hybridized carbons (Fsp3) is 1.00. The third-order valence-corrected chi connectivity index (χ3v) is 2.84.